The summed E-state index contributed by atoms with van der Waals surface area (Å²) in [7, 11) is 2.16. The summed E-state index contributed by atoms with van der Waals surface area (Å²) in [5.74, 6) is 0.855. The molecule has 1 nitrogen and oxygen atoms in total. The van der Waals surface area contributed by atoms with Gasteiger partial charge in [0, 0.05) is 11.5 Å². The Morgan fingerprint density at radius 3 is 2.15 bits per heavy atom. The first-order chi connectivity index (χ1) is 9.76. The van der Waals surface area contributed by atoms with Gasteiger partial charge in [-0.1, -0.05) is 69.9 Å². The Hall–Kier alpha value is -0.820. The van der Waals surface area contributed by atoms with E-state index >= 15 is 0 Å². The zero-order chi connectivity index (χ0) is 14.4. The number of hydrogen-bond acceptors (Lipinski definition) is 1. The molecule has 1 aliphatic rings. The third kappa shape index (κ3) is 3.09. The summed E-state index contributed by atoms with van der Waals surface area (Å²) in [6.45, 7) is 4.68. The van der Waals surface area contributed by atoms with Crippen molar-refractivity contribution in [2.24, 2.45) is 5.92 Å². The number of benzene rings is 1. The molecule has 1 aliphatic carbocycles. The van der Waals surface area contributed by atoms with E-state index in [9.17, 15) is 0 Å². The SMILES string of the molecule is CCC(CC)CC(NC)C1(c2ccccc2)CCCC1. The minimum Gasteiger partial charge on any atom is -0.316 e. The second-order valence-electron chi connectivity index (χ2n) is 6.49. The maximum absolute atomic E-state index is 3.68. The summed E-state index contributed by atoms with van der Waals surface area (Å²) in [5.41, 5.74) is 1.93. The first kappa shape index (κ1) is 15.6. The predicted octanol–water partition coefficient (Wildman–Crippen LogP) is 4.91. The lowest BCUT2D eigenvalue weighted by Crippen LogP contribution is -2.46. The van der Waals surface area contributed by atoms with E-state index < -0.39 is 0 Å². The van der Waals surface area contributed by atoms with E-state index in [1.165, 1.54) is 44.9 Å². The first-order valence-corrected chi connectivity index (χ1v) is 8.49. The number of rotatable bonds is 7. The van der Waals surface area contributed by atoms with Crippen molar-refractivity contribution in [3.63, 3.8) is 0 Å². The van der Waals surface area contributed by atoms with Crippen LogP contribution in [0.15, 0.2) is 30.3 Å². The van der Waals surface area contributed by atoms with E-state index in [1.807, 2.05) is 0 Å². The average molecular weight is 273 g/mol. The van der Waals surface area contributed by atoms with Crippen LogP contribution in [0.1, 0.15) is 64.4 Å². The molecule has 2 rings (SSSR count). The molecule has 1 saturated carbocycles. The van der Waals surface area contributed by atoms with Gasteiger partial charge in [0.2, 0.25) is 0 Å². The molecule has 1 unspecified atom stereocenters. The third-order valence-corrected chi connectivity index (χ3v) is 5.58. The molecule has 1 heteroatoms. The zero-order valence-corrected chi connectivity index (χ0v) is 13.5. The Morgan fingerprint density at radius 2 is 1.65 bits per heavy atom. The van der Waals surface area contributed by atoms with Gasteiger partial charge in [-0.3, -0.25) is 0 Å². The standard InChI is InChI=1S/C19H31N/c1-4-16(5-2)15-18(20-3)19(13-9-10-14-19)17-11-7-6-8-12-17/h6-8,11-12,16,18,20H,4-5,9-10,13-15H2,1-3H3. The fourth-order valence-electron chi connectivity index (χ4n) is 4.19. The van der Waals surface area contributed by atoms with Gasteiger partial charge in [0.25, 0.3) is 0 Å². The maximum Gasteiger partial charge on any atom is 0.0164 e. The smallest absolute Gasteiger partial charge is 0.0164 e. The molecule has 1 N–H and O–H groups in total. The van der Waals surface area contributed by atoms with Crippen LogP contribution in [0.3, 0.4) is 0 Å². The fraction of sp³-hybridized carbons (Fsp3) is 0.684. The van der Waals surface area contributed by atoms with E-state index in [1.54, 1.807) is 5.56 Å². The van der Waals surface area contributed by atoms with E-state index in [4.69, 9.17) is 0 Å². The van der Waals surface area contributed by atoms with Gasteiger partial charge in [-0.15, -0.1) is 0 Å². The van der Waals surface area contributed by atoms with Crippen molar-refractivity contribution >= 4 is 0 Å². The normalized spacial score (nSPS) is 19.4. The van der Waals surface area contributed by atoms with Crippen LogP contribution in [0.4, 0.5) is 0 Å². The molecule has 1 atom stereocenters. The summed E-state index contributed by atoms with van der Waals surface area (Å²) in [6, 6.07) is 11.9. The molecule has 0 radical (unpaired) electrons. The lowest BCUT2D eigenvalue weighted by Gasteiger charge is -2.40. The number of likely N-dealkylation sites (N-methyl/N-ethyl adjacent to an activating group) is 1. The minimum absolute atomic E-state index is 0.374. The molecule has 1 aromatic rings. The highest BCUT2D eigenvalue weighted by molar-refractivity contribution is 5.29. The molecular formula is C19H31N. The van der Waals surface area contributed by atoms with Gasteiger partial charge in [0.1, 0.15) is 0 Å². The minimum atomic E-state index is 0.374. The van der Waals surface area contributed by atoms with Crippen molar-refractivity contribution in [1.29, 1.82) is 0 Å². The summed E-state index contributed by atoms with van der Waals surface area (Å²) < 4.78 is 0. The van der Waals surface area contributed by atoms with Crippen LogP contribution in [0.5, 0.6) is 0 Å². The maximum atomic E-state index is 3.68. The molecule has 112 valence electrons. The number of hydrogen-bond donors (Lipinski definition) is 1. The Bertz CT molecular complexity index is 374. The Labute approximate surface area is 125 Å². The Morgan fingerprint density at radius 1 is 1.05 bits per heavy atom. The quantitative estimate of drug-likeness (QED) is 0.744. The van der Waals surface area contributed by atoms with Crippen molar-refractivity contribution in [2.45, 2.75) is 70.3 Å². The van der Waals surface area contributed by atoms with Crippen LogP contribution >= 0.6 is 0 Å². The van der Waals surface area contributed by atoms with Gasteiger partial charge in [0.05, 0.1) is 0 Å². The topological polar surface area (TPSA) is 12.0 Å². The average Bonchev–Trinajstić information content (AvgIpc) is 3.00. The van der Waals surface area contributed by atoms with Gasteiger partial charge in [-0.25, -0.2) is 0 Å². The van der Waals surface area contributed by atoms with Crippen LogP contribution in [-0.4, -0.2) is 13.1 Å². The van der Waals surface area contributed by atoms with E-state index in [0.717, 1.165) is 5.92 Å². The van der Waals surface area contributed by atoms with Gasteiger partial charge in [-0.2, -0.15) is 0 Å². The summed E-state index contributed by atoms with van der Waals surface area (Å²) in [6.07, 6.45) is 9.40. The van der Waals surface area contributed by atoms with Crippen molar-refractivity contribution in [3.8, 4) is 0 Å². The van der Waals surface area contributed by atoms with E-state index in [0.29, 0.717) is 11.5 Å². The molecule has 0 spiro atoms. The van der Waals surface area contributed by atoms with E-state index in [-0.39, 0.29) is 0 Å². The van der Waals surface area contributed by atoms with Crippen LogP contribution in [0, 0.1) is 5.92 Å². The molecule has 20 heavy (non-hydrogen) atoms. The van der Waals surface area contributed by atoms with Crippen molar-refractivity contribution in [2.75, 3.05) is 7.05 Å². The Balaban J connectivity index is 2.26. The summed E-state index contributed by atoms with van der Waals surface area (Å²) in [4.78, 5) is 0. The van der Waals surface area contributed by atoms with Crippen LogP contribution < -0.4 is 5.32 Å². The van der Waals surface area contributed by atoms with Crippen molar-refractivity contribution < 1.29 is 0 Å². The Kier molecular flexibility index (Phi) is 5.65. The molecule has 0 aliphatic heterocycles. The molecule has 1 aromatic carbocycles. The highest BCUT2D eigenvalue weighted by Crippen LogP contribution is 2.45. The zero-order valence-electron chi connectivity index (χ0n) is 13.5. The van der Waals surface area contributed by atoms with Crippen LogP contribution in [0.25, 0.3) is 0 Å². The highest BCUT2D eigenvalue weighted by atomic mass is 14.9. The van der Waals surface area contributed by atoms with Gasteiger partial charge >= 0.3 is 0 Å². The van der Waals surface area contributed by atoms with Crippen molar-refractivity contribution in [3.05, 3.63) is 35.9 Å². The molecule has 0 aromatic heterocycles. The van der Waals surface area contributed by atoms with Gasteiger partial charge < -0.3 is 5.32 Å². The fourth-order valence-corrected chi connectivity index (χ4v) is 4.19. The molecule has 0 bridgehead atoms. The summed E-state index contributed by atoms with van der Waals surface area (Å²) in [5, 5.41) is 3.68. The lowest BCUT2D eigenvalue weighted by molar-refractivity contribution is 0.253. The van der Waals surface area contributed by atoms with Crippen LogP contribution in [0.2, 0.25) is 0 Å². The van der Waals surface area contributed by atoms with Crippen LogP contribution in [-0.2, 0) is 5.41 Å². The number of nitrogens with one attached hydrogen (secondary N) is 1. The monoisotopic (exact) mass is 273 g/mol. The van der Waals surface area contributed by atoms with Crippen molar-refractivity contribution in [1.82, 2.24) is 5.32 Å². The first-order valence-electron chi connectivity index (χ1n) is 8.49. The largest absolute Gasteiger partial charge is 0.316 e. The highest BCUT2D eigenvalue weighted by Gasteiger charge is 2.42. The van der Waals surface area contributed by atoms with Gasteiger partial charge in [-0.05, 0) is 37.8 Å². The molecule has 0 saturated heterocycles. The molecular weight excluding hydrogens is 242 g/mol. The molecule has 0 heterocycles. The van der Waals surface area contributed by atoms with E-state index in [2.05, 4.69) is 56.5 Å². The summed E-state index contributed by atoms with van der Waals surface area (Å²) >= 11 is 0. The lowest BCUT2D eigenvalue weighted by atomic mass is 9.69. The molecule has 1 fully saturated rings. The third-order valence-electron chi connectivity index (χ3n) is 5.58. The van der Waals surface area contributed by atoms with Gasteiger partial charge in [0.15, 0.2) is 0 Å². The molecule has 0 amide bonds. The second-order valence-corrected chi connectivity index (χ2v) is 6.49. The second kappa shape index (κ2) is 7.26. The predicted molar refractivity (Wildman–Crippen MR) is 88.1 cm³/mol.